The molecule has 0 fully saturated rings. The largest absolute Gasteiger partial charge is 0.145 e. The minimum absolute atomic E-state index is 0.464. The highest BCUT2D eigenvalue weighted by atomic mass is 16.3. The Morgan fingerprint density at radius 1 is 0.933 bits per heavy atom. The molecule has 0 aliphatic heterocycles. The number of rotatable bonds is 2. The molecule has 2 heteroatoms. The number of nitrogens with zero attached hydrogens (tertiary/aromatic N) is 1. The molecule has 0 saturated heterocycles. The molecule has 0 aliphatic rings. The molecule has 0 bridgehead atoms. The first-order chi connectivity index (χ1) is 7.29. The van der Waals surface area contributed by atoms with Crippen LogP contribution in [0.3, 0.4) is 0 Å². The van der Waals surface area contributed by atoms with Gasteiger partial charge >= 0.3 is 0 Å². The Kier molecular flexibility index (Phi) is 2.59. The fraction of sp³-hybridized carbons (Fsp3) is 0.0769. The Labute approximate surface area is 88.5 Å². The molecule has 0 atom stereocenters. The van der Waals surface area contributed by atoms with Gasteiger partial charge in [0.05, 0.1) is 0 Å². The van der Waals surface area contributed by atoms with Gasteiger partial charge in [-0.1, -0.05) is 42.0 Å². The average Bonchev–Trinajstić information content (AvgIpc) is 2.29. The quantitative estimate of drug-likeness (QED) is 0.667. The Morgan fingerprint density at radius 3 is 2.27 bits per heavy atom. The summed E-state index contributed by atoms with van der Waals surface area (Å²) in [6, 6.07) is 15.5. The van der Waals surface area contributed by atoms with Crippen molar-refractivity contribution in [3.05, 3.63) is 59.0 Å². The number of benzene rings is 2. The first-order valence-corrected chi connectivity index (χ1v) is 4.80. The van der Waals surface area contributed by atoms with Crippen molar-refractivity contribution >= 4 is 5.69 Å². The molecule has 2 rings (SSSR count). The SMILES string of the molecule is Cc1cccc(-c2ccc(N=O)cc2)c1. The predicted molar refractivity (Wildman–Crippen MR) is 62.1 cm³/mol. The van der Waals surface area contributed by atoms with Gasteiger partial charge in [-0.15, -0.1) is 4.91 Å². The van der Waals surface area contributed by atoms with E-state index in [1.807, 2.05) is 18.2 Å². The lowest BCUT2D eigenvalue weighted by Gasteiger charge is -2.02. The monoisotopic (exact) mass is 197 g/mol. The van der Waals surface area contributed by atoms with Gasteiger partial charge in [-0.25, -0.2) is 0 Å². The highest BCUT2D eigenvalue weighted by molar-refractivity contribution is 5.65. The second kappa shape index (κ2) is 4.05. The third-order valence-corrected chi connectivity index (χ3v) is 2.32. The summed E-state index contributed by atoms with van der Waals surface area (Å²) in [5.74, 6) is 0. The van der Waals surface area contributed by atoms with Gasteiger partial charge in [-0.05, 0) is 35.4 Å². The fourth-order valence-corrected chi connectivity index (χ4v) is 1.54. The van der Waals surface area contributed by atoms with Crippen LogP contribution in [0, 0.1) is 11.8 Å². The summed E-state index contributed by atoms with van der Waals surface area (Å²) in [6.07, 6.45) is 0. The molecule has 74 valence electrons. The molecule has 0 N–H and O–H groups in total. The summed E-state index contributed by atoms with van der Waals surface area (Å²) < 4.78 is 0. The summed E-state index contributed by atoms with van der Waals surface area (Å²) >= 11 is 0. The van der Waals surface area contributed by atoms with Crippen LogP contribution in [0.1, 0.15) is 5.56 Å². The summed E-state index contributed by atoms with van der Waals surface area (Å²) in [6.45, 7) is 2.06. The maximum absolute atomic E-state index is 10.3. The number of aryl methyl sites for hydroxylation is 1. The molecule has 0 saturated carbocycles. The van der Waals surface area contributed by atoms with E-state index in [-0.39, 0.29) is 0 Å². The van der Waals surface area contributed by atoms with E-state index in [0.29, 0.717) is 5.69 Å². The summed E-state index contributed by atoms with van der Waals surface area (Å²) in [5, 5.41) is 2.87. The van der Waals surface area contributed by atoms with Crippen molar-refractivity contribution in [1.82, 2.24) is 0 Å². The molecule has 0 aliphatic carbocycles. The van der Waals surface area contributed by atoms with Crippen molar-refractivity contribution in [1.29, 1.82) is 0 Å². The van der Waals surface area contributed by atoms with E-state index >= 15 is 0 Å². The second-order valence-corrected chi connectivity index (χ2v) is 3.51. The number of nitroso groups, excluding NO2 is 1. The van der Waals surface area contributed by atoms with E-state index in [4.69, 9.17) is 0 Å². The van der Waals surface area contributed by atoms with Crippen molar-refractivity contribution in [3.63, 3.8) is 0 Å². The average molecular weight is 197 g/mol. The van der Waals surface area contributed by atoms with Gasteiger partial charge in [0.2, 0.25) is 0 Å². The molecule has 0 heterocycles. The zero-order valence-electron chi connectivity index (χ0n) is 8.47. The zero-order valence-corrected chi connectivity index (χ0v) is 8.47. The Morgan fingerprint density at radius 2 is 1.67 bits per heavy atom. The lowest BCUT2D eigenvalue weighted by atomic mass is 10.0. The standard InChI is InChI=1S/C13H11NO/c1-10-3-2-4-12(9-10)11-5-7-13(14-15)8-6-11/h2-9H,1H3. The minimum Gasteiger partial charge on any atom is -0.145 e. The lowest BCUT2D eigenvalue weighted by molar-refractivity contribution is 1.46. The first kappa shape index (κ1) is 9.59. The molecule has 2 nitrogen and oxygen atoms in total. The third kappa shape index (κ3) is 2.10. The fourth-order valence-electron chi connectivity index (χ4n) is 1.54. The Balaban J connectivity index is 2.41. The van der Waals surface area contributed by atoms with E-state index in [1.165, 1.54) is 5.56 Å². The van der Waals surface area contributed by atoms with Crippen molar-refractivity contribution in [2.24, 2.45) is 5.18 Å². The van der Waals surface area contributed by atoms with Gasteiger partial charge in [0, 0.05) is 0 Å². The van der Waals surface area contributed by atoms with E-state index in [1.54, 1.807) is 12.1 Å². The normalized spacial score (nSPS) is 9.93. The van der Waals surface area contributed by atoms with Crippen molar-refractivity contribution in [3.8, 4) is 11.1 Å². The third-order valence-electron chi connectivity index (χ3n) is 2.32. The molecule has 0 spiro atoms. The molecular formula is C13H11NO. The highest BCUT2D eigenvalue weighted by Crippen LogP contribution is 2.22. The zero-order chi connectivity index (χ0) is 10.7. The van der Waals surface area contributed by atoms with Gasteiger partial charge in [0.15, 0.2) is 0 Å². The topological polar surface area (TPSA) is 29.4 Å². The first-order valence-electron chi connectivity index (χ1n) is 4.80. The van der Waals surface area contributed by atoms with Gasteiger partial charge in [0.1, 0.15) is 5.69 Å². The van der Waals surface area contributed by atoms with Crippen LogP contribution in [0.15, 0.2) is 53.7 Å². The van der Waals surface area contributed by atoms with Crippen molar-refractivity contribution in [2.45, 2.75) is 6.92 Å². The van der Waals surface area contributed by atoms with Gasteiger partial charge in [0.25, 0.3) is 0 Å². The predicted octanol–water partition coefficient (Wildman–Crippen LogP) is 4.06. The van der Waals surface area contributed by atoms with Crippen LogP contribution in [0.5, 0.6) is 0 Å². The van der Waals surface area contributed by atoms with Crippen LogP contribution in [0.25, 0.3) is 11.1 Å². The highest BCUT2D eigenvalue weighted by Gasteiger charge is 1.97. The molecule has 15 heavy (non-hydrogen) atoms. The molecule has 0 amide bonds. The van der Waals surface area contributed by atoms with Crippen LogP contribution in [0.2, 0.25) is 0 Å². The molecule has 2 aromatic carbocycles. The van der Waals surface area contributed by atoms with Crippen LogP contribution >= 0.6 is 0 Å². The van der Waals surface area contributed by atoms with E-state index in [2.05, 4.69) is 30.3 Å². The van der Waals surface area contributed by atoms with Gasteiger partial charge in [-0.2, -0.15) is 0 Å². The maximum atomic E-state index is 10.3. The van der Waals surface area contributed by atoms with Crippen LogP contribution in [-0.2, 0) is 0 Å². The minimum atomic E-state index is 0.464. The molecule has 0 aromatic heterocycles. The molecule has 0 radical (unpaired) electrons. The van der Waals surface area contributed by atoms with Gasteiger partial charge in [-0.3, -0.25) is 0 Å². The Bertz CT molecular complexity index is 474. The van der Waals surface area contributed by atoms with Crippen molar-refractivity contribution in [2.75, 3.05) is 0 Å². The second-order valence-electron chi connectivity index (χ2n) is 3.51. The van der Waals surface area contributed by atoms with Crippen LogP contribution in [-0.4, -0.2) is 0 Å². The van der Waals surface area contributed by atoms with E-state index < -0.39 is 0 Å². The van der Waals surface area contributed by atoms with E-state index in [9.17, 15) is 4.91 Å². The van der Waals surface area contributed by atoms with Crippen LogP contribution in [0.4, 0.5) is 5.69 Å². The van der Waals surface area contributed by atoms with E-state index in [0.717, 1.165) is 11.1 Å². The number of hydrogen-bond acceptors (Lipinski definition) is 2. The van der Waals surface area contributed by atoms with Crippen LogP contribution < -0.4 is 0 Å². The summed E-state index contributed by atoms with van der Waals surface area (Å²) in [7, 11) is 0. The summed E-state index contributed by atoms with van der Waals surface area (Å²) in [4.78, 5) is 10.3. The van der Waals surface area contributed by atoms with Crippen molar-refractivity contribution < 1.29 is 0 Å². The maximum Gasteiger partial charge on any atom is 0.108 e. The summed E-state index contributed by atoms with van der Waals surface area (Å²) in [5.41, 5.74) is 3.95. The molecule has 0 unspecified atom stereocenters. The molecular weight excluding hydrogens is 186 g/mol. The smallest absolute Gasteiger partial charge is 0.108 e. The lowest BCUT2D eigenvalue weighted by Crippen LogP contribution is -1.78. The Hall–Kier alpha value is -1.96. The number of hydrogen-bond donors (Lipinski definition) is 0. The molecule has 2 aromatic rings. The van der Waals surface area contributed by atoms with Gasteiger partial charge < -0.3 is 0 Å².